The molecule has 0 aliphatic carbocycles. The lowest BCUT2D eigenvalue weighted by molar-refractivity contribution is 0.0519. The molecule has 1 aliphatic rings. The number of aryl methyl sites for hydroxylation is 1. The molecule has 11 heteroatoms. The van der Waals surface area contributed by atoms with Gasteiger partial charge in [-0.05, 0) is 55.0 Å². The zero-order chi connectivity index (χ0) is 24.8. The fourth-order valence-electron chi connectivity index (χ4n) is 4.70. The maximum atomic E-state index is 13.3. The summed E-state index contributed by atoms with van der Waals surface area (Å²) >= 11 is 6.22. The Labute approximate surface area is 203 Å². The Hall–Kier alpha value is -2.85. The van der Waals surface area contributed by atoms with Crippen LogP contribution in [-0.2, 0) is 10.0 Å². The number of nitrogens with zero attached hydrogens (tertiary/aromatic N) is 4. The van der Waals surface area contributed by atoms with E-state index < -0.39 is 16.1 Å². The quantitative estimate of drug-likeness (QED) is 0.497. The van der Waals surface area contributed by atoms with Gasteiger partial charge in [0.25, 0.3) is 10.0 Å². The third-order valence-corrected chi connectivity index (χ3v) is 8.00. The predicted octanol–water partition coefficient (Wildman–Crippen LogP) is 4.60. The van der Waals surface area contributed by atoms with Gasteiger partial charge in [0.05, 0.1) is 16.3 Å². The summed E-state index contributed by atoms with van der Waals surface area (Å²) in [7, 11) is -3.91. The Morgan fingerprint density at radius 2 is 1.85 bits per heavy atom. The first-order valence-corrected chi connectivity index (χ1v) is 12.8. The summed E-state index contributed by atoms with van der Waals surface area (Å²) in [5, 5.41) is 13.5. The molecule has 1 aliphatic heterocycles. The minimum Gasteiger partial charge on any atom is -0.465 e. The van der Waals surface area contributed by atoms with Crippen LogP contribution in [0.25, 0.3) is 11.0 Å². The number of fused-ring (bicyclic) bond motifs is 1. The molecule has 9 nitrogen and oxygen atoms in total. The number of rotatable bonds is 4. The van der Waals surface area contributed by atoms with Gasteiger partial charge in [0.1, 0.15) is 5.82 Å². The maximum Gasteiger partial charge on any atom is 0.407 e. The predicted molar refractivity (Wildman–Crippen MR) is 131 cm³/mol. The first kappa shape index (κ1) is 24.3. The molecule has 1 saturated heterocycles. The fraction of sp³-hybridized carbons (Fsp3) is 0.435. The Morgan fingerprint density at radius 1 is 1.18 bits per heavy atom. The van der Waals surface area contributed by atoms with Gasteiger partial charge in [-0.3, -0.25) is 0 Å². The molecule has 4 rings (SSSR count). The van der Waals surface area contributed by atoms with Crippen LogP contribution in [0.15, 0.2) is 41.4 Å². The molecule has 34 heavy (non-hydrogen) atoms. The topological polar surface area (TPSA) is 117 Å². The Kier molecular flexibility index (Phi) is 6.24. The molecule has 2 atom stereocenters. The number of hydrogen-bond donors (Lipinski definition) is 2. The number of carboxylic acid groups (broad SMARTS) is 1. The number of amides is 1. The van der Waals surface area contributed by atoms with Gasteiger partial charge < -0.3 is 15.3 Å². The minimum absolute atomic E-state index is 0.104. The van der Waals surface area contributed by atoms with Crippen molar-refractivity contribution in [1.82, 2.24) is 18.8 Å². The van der Waals surface area contributed by atoms with Gasteiger partial charge in [-0.25, -0.2) is 22.2 Å². The number of hydrogen-bond acceptors (Lipinski definition) is 6. The number of likely N-dealkylation sites (tertiary alicyclic amines) is 1. The number of nitrogens with one attached hydrogen (secondary N) is 1. The van der Waals surface area contributed by atoms with Gasteiger partial charge in [0, 0.05) is 18.8 Å². The average molecular weight is 506 g/mol. The van der Waals surface area contributed by atoms with E-state index in [4.69, 9.17) is 11.6 Å². The van der Waals surface area contributed by atoms with Crippen LogP contribution < -0.4 is 5.32 Å². The first-order valence-electron chi connectivity index (χ1n) is 11.0. The van der Waals surface area contributed by atoms with Crippen LogP contribution in [0.5, 0.6) is 0 Å². The smallest absolute Gasteiger partial charge is 0.407 e. The molecule has 1 amide bonds. The lowest BCUT2D eigenvalue weighted by atomic mass is 9.77. The van der Waals surface area contributed by atoms with E-state index in [2.05, 4.69) is 15.3 Å². The SMILES string of the molecule is Cc1ccc(S(=O)(=O)n2ccc3c(NC4CCCN(C(=O)O)C4C(C)(C)C)nc(Cl)nc32)cc1. The van der Waals surface area contributed by atoms with Crippen molar-refractivity contribution in [2.75, 3.05) is 11.9 Å². The number of piperidine rings is 1. The number of aromatic nitrogens is 3. The van der Waals surface area contributed by atoms with E-state index in [1.807, 2.05) is 27.7 Å². The normalized spacial score (nSPS) is 19.4. The number of carbonyl (C=O) groups is 1. The van der Waals surface area contributed by atoms with Crippen molar-refractivity contribution in [3.05, 3.63) is 47.4 Å². The molecular weight excluding hydrogens is 478 g/mol. The van der Waals surface area contributed by atoms with Crippen LogP contribution in [0.2, 0.25) is 5.28 Å². The van der Waals surface area contributed by atoms with E-state index in [-0.39, 0.29) is 33.3 Å². The number of halogens is 1. The summed E-state index contributed by atoms with van der Waals surface area (Å²) in [6, 6.07) is 7.64. The van der Waals surface area contributed by atoms with Crippen molar-refractivity contribution in [2.45, 2.75) is 57.5 Å². The zero-order valence-electron chi connectivity index (χ0n) is 19.5. The molecule has 2 unspecified atom stereocenters. The van der Waals surface area contributed by atoms with E-state index >= 15 is 0 Å². The van der Waals surface area contributed by atoms with Crippen molar-refractivity contribution in [3.8, 4) is 0 Å². The summed E-state index contributed by atoms with van der Waals surface area (Å²) in [6.45, 7) is 8.34. The Bertz CT molecular complexity index is 1330. The summed E-state index contributed by atoms with van der Waals surface area (Å²) in [5.74, 6) is 0.374. The van der Waals surface area contributed by atoms with Crippen LogP contribution in [0, 0.1) is 12.3 Å². The molecule has 3 heterocycles. The highest BCUT2D eigenvalue weighted by molar-refractivity contribution is 7.90. The Balaban J connectivity index is 1.77. The van der Waals surface area contributed by atoms with Gasteiger partial charge >= 0.3 is 6.09 Å². The van der Waals surface area contributed by atoms with Crippen molar-refractivity contribution in [2.24, 2.45) is 5.41 Å². The molecule has 0 saturated carbocycles. The minimum atomic E-state index is -3.91. The zero-order valence-corrected chi connectivity index (χ0v) is 21.1. The highest BCUT2D eigenvalue weighted by Gasteiger charge is 2.42. The van der Waals surface area contributed by atoms with Crippen molar-refractivity contribution in [1.29, 1.82) is 0 Å². The molecule has 2 N–H and O–H groups in total. The molecule has 1 fully saturated rings. The molecular formula is C23H28ClN5O4S. The first-order chi connectivity index (χ1) is 15.9. The van der Waals surface area contributed by atoms with E-state index in [0.717, 1.165) is 16.0 Å². The number of benzene rings is 1. The van der Waals surface area contributed by atoms with Crippen molar-refractivity contribution in [3.63, 3.8) is 0 Å². The fourth-order valence-corrected chi connectivity index (χ4v) is 6.16. The highest BCUT2D eigenvalue weighted by Crippen LogP contribution is 2.35. The van der Waals surface area contributed by atoms with Gasteiger partial charge in [-0.15, -0.1) is 0 Å². The lowest BCUT2D eigenvalue weighted by Crippen LogP contribution is -2.58. The molecule has 2 aromatic heterocycles. The maximum absolute atomic E-state index is 13.3. The second kappa shape index (κ2) is 8.74. The van der Waals surface area contributed by atoms with Gasteiger partial charge in [-0.2, -0.15) is 4.98 Å². The Morgan fingerprint density at radius 3 is 2.47 bits per heavy atom. The third-order valence-electron chi connectivity index (χ3n) is 6.15. The van der Waals surface area contributed by atoms with E-state index in [1.54, 1.807) is 30.3 Å². The second-order valence-corrected chi connectivity index (χ2v) is 11.8. The molecule has 0 spiro atoms. The van der Waals surface area contributed by atoms with E-state index in [9.17, 15) is 18.3 Å². The summed E-state index contributed by atoms with van der Waals surface area (Å²) < 4.78 is 27.7. The van der Waals surface area contributed by atoms with Gasteiger partial charge in [-0.1, -0.05) is 38.5 Å². The van der Waals surface area contributed by atoms with Crippen LogP contribution in [0.3, 0.4) is 0 Å². The van der Waals surface area contributed by atoms with Crippen molar-refractivity contribution < 1.29 is 18.3 Å². The molecule has 182 valence electrons. The van der Waals surface area contributed by atoms with Crippen LogP contribution in [0.4, 0.5) is 10.6 Å². The third kappa shape index (κ3) is 4.44. The summed E-state index contributed by atoms with van der Waals surface area (Å²) in [5.41, 5.74) is 0.762. The lowest BCUT2D eigenvalue weighted by Gasteiger charge is -2.47. The largest absolute Gasteiger partial charge is 0.465 e. The molecule has 0 radical (unpaired) electrons. The molecule has 3 aromatic rings. The highest BCUT2D eigenvalue weighted by atomic mass is 35.5. The van der Waals surface area contributed by atoms with Gasteiger partial charge in [0.2, 0.25) is 5.28 Å². The second-order valence-electron chi connectivity index (χ2n) is 9.69. The summed E-state index contributed by atoms with van der Waals surface area (Å²) in [4.78, 5) is 22.1. The standard InChI is InChI=1S/C23H28ClN5O4S/c1-14-7-9-15(10-8-14)34(32,33)29-13-11-16-19(26-21(24)27-20(16)29)25-17-6-5-12-28(22(30)31)18(17)23(2,3)4/h7-11,13,17-18H,5-6,12H2,1-4H3,(H,30,31)(H,25,26,27). The average Bonchev–Trinajstić information content (AvgIpc) is 3.18. The summed E-state index contributed by atoms with van der Waals surface area (Å²) in [6.07, 6.45) is 1.90. The van der Waals surface area contributed by atoms with E-state index in [1.165, 1.54) is 11.1 Å². The number of anilines is 1. The van der Waals surface area contributed by atoms with Crippen LogP contribution in [0.1, 0.15) is 39.2 Å². The molecule has 0 bridgehead atoms. The van der Waals surface area contributed by atoms with E-state index in [0.29, 0.717) is 24.2 Å². The van der Waals surface area contributed by atoms with Crippen LogP contribution in [-0.4, -0.2) is 57.1 Å². The van der Waals surface area contributed by atoms with Crippen LogP contribution >= 0.6 is 11.6 Å². The van der Waals surface area contributed by atoms with Crippen molar-refractivity contribution >= 4 is 44.6 Å². The monoisotopic (exact) mass is 505 g/mol. The molecule has 1 aromatic carbocycles. The van der Waals surface area contributed by atoms with Gasteiger partial charge in [0.15, 0.2) is 5.65 Å².